The van der Waals surface area contributed by atoms with E-state index in [1.807, 2.05) is 4.83 Å². The van der Waals surface area contributed by atoms with Crippen LogP contribution < -0.4 is 10.3 Å². The number of halogens is 1. The minimum Gasteiger partial charge on any atom is -0.347 e. The van der Waals surface area contributed by atoms with Crippen LogP contribution >= 0.6 is 11.6 Å². The lowest BCUT2D eigenvalue weighted by Crippen LogP contribution is -2.42. The second-order valence-electron chi connectivity index (χ2n) is 4.02. The number of nitrogens with zero attached hydrogens (tertiary/aromatic N) is 1. The molecule has 0 fully saturated rings. The first-order valence-electron chi connectivity index (χ1n) is 5.59. The van der Waals surface area contributed by atoms with E-state index in [9.17, 15) is 13.2 Å². The Morgan fingerprint density at radius 1 is 1.20 bits per heavy atom. The zero-order valence-electron chi connectivity index (χ0n) is 10.5. The first-order valence-corrected chi connectivity index (χ1v) is 7.45. The molecule has 2 rings (SSSR count). The van der Waals surface area contributed by atoms with Gasteiger partial charge in [-0.3, -0.25) is 10.2 Å². The molecule has 1 aromatic heterocycles. The average Bonchev–Trinajstić information content (AvgIpc) is 2.83. The van der Waals surface area contributed by atoms with Crippen molar-refractivity contribution >= 4 is 27.5 Å². The molecule has 0 bridgehead atoms. The van der Waals surface area contributed by atoms with Gasteiger partial charge < -0.3 is 4.57 Å². The Labute approximate surface area is 121 Å². The van der Waals surface area contributed by atoms with Crippen molar-refractivity contribution in [2.45, 2.75) is 4.90 Å². The van der Waals surface area contributed by atoms with Crippen molar-refractivity contribution in [3.8, 4) is 0 Å². The predicted octanol–water partition coefficient (Wildman–Crippen LogP) is 1.30. The summed E-state index contributed by atoms with van der Waals surface area (Å²) in [6, 6.07) is 8.86. The summed E-state index contributed by atoms with van der Waals surface area (Å²) in [6.07, 6.45) is 1.68. The highest BCUT2D eigenvalue weighted by molar-refractivity contribution is 7.89. The normalized spacial score (nSPS) is 11.3. The van der Waals surface area contributed by atoms with E-state index in [-0.39, 0.29) is 4.90 Å². The molecule has 2 aromatic rings. The minimum atomic E-state index is -3.83. The van der Waals surface area contributed by atoms with Crippen molar-refractivity contribution in [2.75, 3.05) is 0 Å². The van der Waals surface area contributed by atoms with Crippen LogP contribution in [0.2, 0.25) is 5.02 Å². The second kappa shape index (κ2) is 5.66. The van der Waals surface area contributed by atoms with Crippen LogP contribution in [0.3, 0.4) is 0 Å². The van der Waals surface area contributed by atoms with E-state index < -0.39 is 15.9 Å². The van der Waals surface area contributed by atoms with Gasteiger partial charge in [0.05, 0.1) is 4.90 Å². The van der Waals surface area contributed by atoms with E-state index >= 15 is 0 Å². The first kappa shape index (κ1) is 14.6. The molecule has 2 N–H and O–H groups in total. The lowest BCUT2D eigenvalue weighted by molar-refractivity contribution is 0.0937. The van der Waals surface area contributed by atoms with E-state index in [0.29, 0.717) is 10.7 Å². The Balaban J connectivity index is 2.08. The van der Waals surface area contributed by atoms with Gasteiger partial charge in [0.2, 0.25) is 0 Å². The summed E-state index contributed by atoms with van der Waals surface area (Å²) >= 11 is 5.69. The average molecular weight is 314 g/mol. The number of carbonyl (C=O) groups excluding carboxylic acids is 1. The zero-order chi connectivity index (χ0) is 14.8. The molecule has 106 valence electrons. The van der Waals surface area contributed by atoms with Crippen LogP contribution in [-0.4, -0.2) is 18.9 Å². The van der Waals surface area contributed by atoms with Gasteiger partial charge in [-0.05, 0) is 36.4 Å². The molecule has 0 aliphatic carbocycles. The van der Waals surface area contributed by atoms with Crippen molar-refractivity contribution in [1.29, 1.82) is 0 Å². The van der Waals surface area contributed by atoms with Crippen LogP contribution in [-0.2, 0) is 17.1 Å². The van der Waals surface area contributed by atoms with Crippen LogP contribution in [0.15, 0.2) is 47.5 Å². The fourth-order valence-corrected chi connectivity index (χ4v) is 2.51. The molecule has 0 saturated carbocycles. The minimum absolute atomic E-state index is 0.00841. The molecule has 0 spiro atoms. The highest BCUT2D eigenvalue weighted by atomic mass is 35.5. The Bertz CT molecular complexity index is 723. The lowest BCUT2D eigenvalue weighted by Gasteiger charge is -2.09. The Morgan fingerprint density at radius 3 is 2.40 bits per heavy atom. The third-order valence-electron chi connectivity index (χ3n) is 2.60. The molecule has 20 heavy (non-hydrogen) atoms. The third-order valence-corrected chi connectivity index (χ3v) is 4.11. The van der Waals surface area contributed by atoms with Gasteiger partial charge in [-0.1, -0.05) is 11.6 Å². The van der Waals surface area contributed by atoms with Crippen LogP contribution in [0, 0.1) is 0 Å². The Hall–Kier alpha value is -1.83. The standard InChI is InChI=1S/C12H12ClN3O3S/c1-16-8-2-3-11(16)12(17)14-15-20(18,19)10-6-4-9(13)5-7-10/h2-8,15H,1H3,(H,14,17). The zero-order valence-corrected chi connectivity index (χ0v) is 12.1. The summed E-state index contributed by atoms with van der Waals surface area (Å²) in [5.74, 6) is -0.546. The molecule has 1 aromatic carbocycles. The summed E-state index contributed by atoms with van der Waals surface area (Å²) < 4.78 is 25.4. The van der Waals surface area contributed by atoms with Gasteiger partial charge in [0.1, 0.15) is 5.69 Å². The number of carbonyl (C=O) groups is 1. The molecular weight excluding hydrogens is 302 g/mol. The number of sulfonamides is 1. The number of hydrogen-bond acceptors (Lipinski definition) is 3. The van der Waals surface area contributed by atoms with Crippen LogP contribution in [0.5, 0.6) is 0 Å². The van der Waals surface area contributed by atoms with Gasteiger partial charge in [0.15, 0.2) is 0 Å². The number of benzene rings is 1. The Kier molecular flexibility index (Phi) is 4.12. The molecule has 0 atom stereocenters. The molecule has 0 aliphatic rings. The Morgan fingerprint density at radius 2 is 1.85 bits per heavy atom. The second-order valence-corrected chi connectivity index (χ2v) is 6.14. The van der Waals surface area contributed by atoms with Crippen molar-refractivity contribution in [3.05, 3.63) is 53.3 Å². The summed E-state index contributed by atoms with van der Waals surface area (Å²) in [5, 5.41) is 0.428. The molecule has 6 nitrogen and oxygen atoms in total. The monoisotopic (exact) mass is 313 g/mol. The van der Waals surface area contributed by atoms with E-state index in [1.54, 1.807) is 29.9 Å². The van der Waals surface area contributed by atoms with Gasteiger partial charge >= 0.3 is 0 Å². The summed E-state index contributed by atoms with van der Waals surface area (Å²) in [6.45, 7) is 0. The molecule has 0 unspecified atom stereocenters. The number of aromatic nitrogens is 1. The van der Waals surface area contributed by atoms with E-state index in [2.05, 4.69) is 5.43 Å². The van der Waals surface area contributed by atoms with Gasteiger partial charge in [-0.15, -0.1) is 4.83 Å². The highest BCUT2D eigenvalue weighted by Gasteiger charge is 2.16. The summed E-state index contributed by atoms with van der Waals surface area (Å²) in [4.78, 5) is 13.8. The van der Waals surface area contributed by atoms with Gasteiger partial charge in [0, 0.05) is 18.3 Å². The van der Waals surface area contributed by atoms with E-state index in [4.69, 9.17) is 11.6 Å². The molecule has 0 aliphatic heterocycles. The number of rotatable bonds is 4. The molecule has 0 saturated heterocycles. The van der Waals surface area contributed by atoms with Gasteiger partial charge in [-0.25, -0.2) is 8.42 Å². The van der Waals surface area contributed by atoms with E-state index in [0.717, 1.165) is 0 Å². The molecule has 1 amide bonds. The van der Waals surface area contributed by atoms with Crippen LogP contribution in [0.25, 0.3) is 0 Å². The van der Waals surface area contributed by atoms with Crippen molar-refractivity contribution in [3.63, 3.8) is 0 Å². The SMILES string of the molecule is Cn1cccc1C(=O)NNS(=O)(=O)c1ccc(Cl)cc1. The predicted molar refractivity (Wildman–Crippen MR) is 74.7 cm³/mol. The largest absolute Gasteiger partial charge is 0.347 e. The topological polar surface area (TPSA) is 80.2 Å². The summed E-state index contributed by atoms with van der Waals surface area (Å²) in [5.41, 5.74) is 2.49. The fourth-order valence-electron chi connectivity index (χ4n) is 1.55. The maximum Gasteiger partial charge on any atom is 0.282 e. The highest BCUT2D eigenvalue weighted by Crippen LogP contribution is 2.13. The van der Waals surface area contributed by atoms with Crippen molar-refractivity contribution in [2.24, 2.45) is 7.05 Å². The quantitative estimate of drug-likeness (QED) is 0.835. The maximum atomic E-state index is 11.9. The number of hydrogen-bond donors (Lipinski definition) is 2. The summed E-state index contributed by atoms with van der Waals surface area (Å²) in [7, 11) is -2.14. The van der Waals surface area contributed by atoms with Crippen LogP contribution in [0.1, 0.15) is 10.5 Å². The smallest absolute Gasteiger partial charge is 0.282 e. The molecule has 1 heterocycles. The number of nitrogens with one attached hydrogen (secondary N) is 2. The maximum absolute atomic E-state index is 11.9. The first-order chi connectivity index (χ1) is 9.40. The molecule has 0 radical (unpaired) electrons. The van der Waals surface area contributed by atoms with Gasteiger partial charge in [0.25, 0.3) is 15.9 Å². The van der Waals surface area contributed by atoms with E-state index in [1.165, 1.54) is 24.3 Å². The lowest BCUT2D eigenvalue weighted by atomic mass is 10.4. The molecular formula is C12H12ClN3O3S. The number of aryl methyl sites for hydroxylation is 1. The molecule has 8 heteroatoms. The van der Waals surface area contributed by atoms with Crippen molar-refractivity contribution < 1.29 is 13.2 Å². The van der Waals surface area contributed by atoms with Crippen LogP contribution in [0.4, 0.5) is 0 Å². The van der Waals surface area contributed by atoms with Crippen molar-refractivity contribution in [1.82, 2.24) is 14.8 Å². The fraction of sp³-hybridized carbons (Fsp3) is 0.0833. The third kappa shape index (κ3) is 3.19. The van der Waals surface area contributed by atoms with Gasteiger partial charge in [-0.2, -0.15) is 0 Å². The number of hydrazine groups is 1. The number of amides is 1.